The number of carbonyl (C=O) groups excluding carboxylic acids is 3. The number of hydrogen-bond acceptors (Lipinski definition) is 4. The average molecular weight is 370 g/mol. The Hall–Kier alpha value is -1.43. The van der Waals surface area contributed by atoms with Crippen molar-refractivity contribution < 1.29 is 14.4 Å². The number of nitrogens with zero attached hydrogens (tertiary/aromatic N) is 2. The van der Waals surface area contributed by atoms with Gasteiger partial charge in [0.25, 0.3) is 0 Å². The normalized spacial score (nSPS) is 13.5. The summed E-state index contributed by atoms with van der Waals surface area (Å²) < 4.78 is 0. The van der Waals surface area contributed by atoms with Crippen LogP contribution >= 0.6 is 0 Å². The Morgan fingerprint density at radius 3 is 1.81 bits per heavy atom. The Kier molecular flexibility index (Phi) is 9.49. The van der Waals surface area contributed by atoms with E-state index in [-0.39, 0.29) is 34.8 Å². The minimum absolute atomic E-state index is 0.000619. The molecule has 6 heteroatoms. The Morgan fingerprint density at radius 2 is 1.38 bits per heavy atom. The second-order valence-electron chi connectivity index (χ2n) is 9.83. The zero-order valence-corrected chi connectivity index (χ0v) is 18.2. The van der Waals surface area contributed by atoms with E-state index in [0.717, 1.165) is 0 Å². The number of likely N-dealkylation sites (N-methyl/N-ethyl adjacent to an activating group) is 2. The minimum Gasteiger partial charge on any atom is -0.353 e. The lowest BCUT2D eigenvalue weighted by Gasteiger charge is -2.30. The van der Waals surface area contributed by atoms with Crippen molar-refractivity contribution >= 4 is 17.6 Å². The van der Waals surface area contributed by atoms with Gasteiger partial charge in [0.05, 0.1) is 0 Å². The van der Waals surface area contributed by atoms with E-state index in [2.05, 4.69) is 5.32 Å². The Balaban J connectivity index is 5.16. The van der Waals surface area contributed by atoms with Gasteiger partial charge in [-0.1, -0.05) is 41.5 Å². The molecule has 0 aliphatic rings. The van der Waals surface area contributed by atoms with Gasteiger partial charge in [-0.15, -0.1) is 0 Å². The van der Waals surface area contributed by atoms with Gasteiger partial charge in [0, 0.05) is 39.4 Å². The molecular weight excluding hydrogens is 330 g/mol. The summed E-state index contributed by atoms with van der Waals surface area (Å²) in [6.07, 6.45) is 0.770. The Bertz CT molecular complexity index is 488. The van der Waals surface area contributed by atoms with Gasteiger partial charge in [0.1, 0.15) is 11.8 Å². The van der Waals surface area contributed by atoms with E-state index < -0.39 is 6.04 Å². The van der Waals surface area contributed by atoms with Crippen LogP contribution in [-0.2, 0) is 14.4 Å². The highest BCUT2D eigenvalue weighted by atomic mass is 16.2. The minimum atomic E-state index is -0.762. The lowest BCUT2D eigenvalue weighted by molar-refractivity contribution is -0.142. The second kappa shape index (κ2) is 10.0. The summed E-state index contributed by atoms with van der Waals surface area (Å²) in [5, 5.41) is 2.85. The number of Topliss-reactive ketones (excluding diaryl/α,β-unsaturated/α-hetero) is 1. The van der Waals surface area contributed by atoms with Crippen molar-refractivity contribution in [1.82, 2.24) is 15.1 Å². The van der Waals surface area contributed by atoms with Gasteiger partial charge in [-0.2, -0.15) is 0 Å². The highest BCUT2D eigenvalue weighted by molar-refractivity contribution is 5.92. The molecule has 0 saturated heterocycles. The molecule has 0 fully saturated rings. The monoisotopic (exact) mass is 369 g/mol. The van der Waals surface area contributed by atoms with Gasteiger partial charge in [0.15, 0.2) is 0 Å². The zero-order valence-electron chi connectivity index (χ0n) is 18.2. The molecule has 0 saturated carbocycles. The van der Waals surface area contributed by atoms with E-state index in [1.54, 1.807) is 7.05 Å². The predicted molar refractivity (Wildman–Crippen MR) is 106 cm³/mol. The maximum Gasteiger partial charge on any atom is 0.243 e. The first-order valence-corrected chi connectivity index (χ1v) is 9.32. The molecule has 0 aromatic rings. The summed E-state index contributed by atoms with van der Waals surface area (Å²) in [7, 11) is 5.47. The molecule has 26 heavy (non-hydrogen) atoms. The van der Waals surface area contributed by atoms with Crippen LogP contribution in [0.3, 0.4) is 0 Å². The lowest BCUT2D eigenvalue weighted by Crippen LogP contribution is -2.50. The highest BCUT2D eigenvalue weighted by Crippen LogP contribution is 2.23. The summed E-state index contributed by atoms with van der Waals surface area (Å²) >= 11 is 0. The quantitative estimate of drug-likeness (QED) is 0.677. The van der Waals surface area contributed by atoms with Crippen LogP contribution in [-0.4, -0.2) is 67.7 Å². The van der Waals surface area contributed by atoms with Crippen molar-refractivity contribution in [2.24, 2.45) is 10.8 Å². The molecule has 0 aliphatic carbocycles. The molecule has 1 N–H and O–H groups in total. The molecule has 152 valence electrons. The maximum absolute atomic E-state index is 12.7. The fourth-order valence-electron chi connectivity index (χ4n) is 2.56. The van der Waals surface area contributed by atoms with Crippen molar-refractivity contribution in [2.45, 2.75) is 66.8 Å². The Morgan fingerprint density at radius 1 is 0.885 bits per heavy atom. The molecular formula is C20H39N3O3. The van der Waals surface area contributed by atoms with Crippen LogP contribution in [0.5, 0.6) is 0 Å². The lowest BCUT2D eigenvalue weighted by atomic mass is 9.87. The van der Waals surface area contributed by atoms with Gasteiger partial charge >= 0.3 is 0 Å². The summed E-state index contributed by atoms with van der Waals surface area (Å²) in [5.41, 5.74) is -0.316. The average Bonchev–Trinajstić information content (AvgIpc) is 2.39. The highest BCUT2D eigenvalue weighted by Gasteiger charge is 2.31. The van der Waals surface area contributed by atoms with Gasteiger partial charge in [0.2, 0.25) is 11.8 Å². The molecule has 1 atom stereocenters. The molecule has 0 heterocycles. The fourth-order valence-corrected chi connectivity index (χ4v) is 2.56. The molecule has 0 aromatic carbocycles. The molecule has 0 aliphatic heterocycles. The van der Waals surface area contributed by atoms with E-state index in [4.69, 9.17) is 0 Å². The van der Waals surface area contributed by atoms with Crippen LogP contribution in [0.2, 0.25) is 0 Å². The topological polar surface area (TPSA) is 69.7 Å². The van der Waals surface area contributed by atoms with E-state index >= 15 is 0 Å². The van der Waals surface area contributed by atoms with Crippen molar-refractivity contribution in [2.75, 3.05) is 34.2 Å². The summed E-state index contributed by atoms with van der Waals surface area (Å²) in [4.78, 5) is 41.1. The van der Waals surface area contributed by atoms with Crippen molar-refractivity contribution in [3.63, 3.8) is 0 Å². The molecule has 2 amide bonds. The summed E-state index contributed by atoms with van der Waals surface area (Å²) in [6, 6.07) is -0.762. The van der Waals surface area contributed by atoms with Crippen LogP contribution < -0.4 is 5.32 Å². The third-order valence-corrected chi connectivity index (χ3v) is 3.85. The van der Waals surface area contributed by atoms with Crippen LogP contribution in [0, 0.1) is 10.8 Å². The molecule has 0 aromatic heterocycles. The van der Waals surface area contributed by atoms with Crippen LogP contribution in [0.15, 0.2) is 0 Å². The van der Waals surface area contributed by atoms with Gasteiger partial charge in [-0.25, -0.2) is 0 Å². The smallest absolute Gasteiger partial charge is 0.243 e. The third kappa shape index (κ3) is 11.2. The summed E-state index contributed by atoms with van der Waals surface area (Å²) in [5.74, 6) is -0.381. The van der Waals surface area contributed by atoms with Crippen LogP contribution in [0.1, 0.15) is 60.8 Å². The first-order valence-electron chi connectivity index (χ1n) is 9.32. The zero-order chi connectivity index (χ0) is 20.7. The van der Waals surface area contributed by atoms with Crippen molar-refractivity contribution in [3.05, 3.63) is 0 Å². The van der Waals surface area contributed by atoms with E-state index in [1.165, 1.54) is 4.90 Å². The molecule has 1 unspecified atom stereocenters. The van der Waals surface area contributed by atoms with E-state index in [1.807, 2.05) is 60.5 Å². The largest absolute Gasteiger partial charge is 0.353 e. The van der Waals surface area contributed by atoms with Gasteiger partial charge < -0.3 is 15.1 Å². The number of rotatable bonds is 9. The first kappa shape index (κ1) is 24.6. The van der Waals surface area contributed by atoms with Crippen molar-refractivity contribution in [1.29, 1.82) is 0 Å². The first-order chi connectivity index (χ1) is 11.6. The van der Waals surface area contributed by atoms with Crippen molar-refractivity contribution in [3.8, 4) is 0 Å². The Labute approximate surface area is 159 Å². The SMILES string of the molecule is CN(C)CCNC(=O)C(CC(=O)CC(C)(C)C)N(C)C(=O)CC(C)(C)C. The number of amides is 2. The molecule has 6 nitrogen and oxygen atoms in total. The molecule has 0 rings (SSSR count). The summed E-state index contributed by atoms with van der Waals surface area (Å²) in [6.45, 7) is 13.1. The third-order valence-electron chi connectivity index (χ3n) is 3.85. The number of ketones is 1. The van der Waals surface area contributed by atoms with Gasteiger partial charge in [-0.05, 0) is 24.9 Å². The van der Waals surface area contributed by atoms with E-state index in [0.29, 0.717) is 25.9 Å². The molecule has 0 bridgehead atoms. The number of carbonyl (C=O) groups is 3. The fraction of sp³-hybridized carbons (Fsp3) is 0.850. The maximum atomic E-state index is 12.7. The number of nitrogens with one attached hydrogen (secondary N) is 1. The molecule has 0 radical (unpaired) electrons. The van der Waals surface area contributed by atoms with Gasteiger partial charge in [-0.3, -0.25) is 14.4 Å². The number of hydrogen-bond donors (Lipinski definition) is 1. The van der Waals surface area contributed by atoms with E-state index in [9.17, 15) is 14.4 Å². The second-order valence-corrected chi connectivity index (χ2v) is 9.83. The molecule has 0 spiro atoms. The van der Waals surface area contributed by atoms with Crippen LogP contribution in [0.25, 0.3) is 0 Å². The predicted octanol–water partition coefficient (Wildman–Crippen LogP) is 2.32. The van der Waals surface area contributed by atoms with Crippen LogP contribution in [0.4, 0.5) is 0 Å². The standard InChI is InChI=1S/C20H39N3O3/c1-19(2,3)13-15(24)12-16(18(26)21-10-11-22(7)8)23(9)17(25)14-20(4,5)6/h16H,10-14H2,1-9H3,(H,21,26).